The maximum atomic E-state index is 4.79. The van der Waals surface area contributed by atoms with Crippen LogP contribution >= 0.6 is 0 Å². The number of aromatic nitrogens is 2. The fourth-order valence-corrected chi connectivity index (χ4v) is 5.13. The molecule has 2 aromatic carbocycles. The SMILES string of the molecule is Cc1nc2ccccc2n1C1C[C@H]2CC[C@@H](C1)N2Cc1ccccc1. The second kappa shape index (κ2) is 5.99. The lowest BCUT2D eigenvalue weighted by molar-refractivity contribution is 0.0999. The molecule has 0 N–H and O–H groups in total. The van der Waals surface area contributed by atoms with Crippen molar-refractivity contribution in [3.63, 3.8) is 0 Å². The Balaban J connectivity index is 1.42. The van der Waals surface area contributed by atoms with Crippen molar-refractivity contribution >= 4 is 11.0 Å². The van der Waals surface area contributed by atoms with Crippen molar-refractivity contribution in [2.24, 2.45) is 0 Å². The molecule has 3 atom stereocenters. The smallest absolute Gasteiger partial charge is 0.106 e. The molecule has 0 aliphatic carbocycles. The van der Waals surface area contributed by atoms with Gasteiger partial charge in [0.1, 0.15) is 5.82 Å². The van der Waals surface area contributed by atoms with Gasteiger partial charge in [0.05, 0.1) is 11.0 Å². The summed E-state index contributed by atoms with van der Waals surface area (Å²) in [4.78, 5) is 7.56. The molecule has 0 spiro atoms. The lowest BCUT2D eigenvalue weighted by Crippen LogP contribution is -2.42. The molecular weight excluding hydrogens is 306 g/mol. The van der Waals surface area contributed by atoms with E-state index in [9.17, 15) is 0 Å². The zero-order valence-electron chi connectivity index (χ0n) is 14.8. The zero-order valence-corrected chi connectivity index (χ0v) is 14.8. The van der Waals surface area contributed by atoms with Crippen LogP contribution in [0.5, 0.6) is 0 Å². The van der Waals surface area contributed by atoms with Crippen LogP contribution in [0.25, 0.3) is 11.0 Å². The number of nitrogens with zero attached hydrogens (tertiary/aromatic N) is 3. The van der Waals surface area contributed by atoms with Gasteiger partial charge in [0.15, 0.2) is 0 Å². The second-order valence-corrected chi connectivity index (χ2v) is 7.69. The van der Waals surface area contributed by atoms with E-state index in [1.807, 2.05) is 0 Å². The average molecular weight is 331 g/mol. The fourth-order valence-electron chi connectivity index (χ4n) is 5.13. The van der Waals surface area contributed by atoms with Gasteiger partial charge < -0.3 is 4.57 Å². The molecular formula is C22H25N3. The fraction of sp³-hybridized carbons (Fsp3) is 0.409. The van der Waals surface area contributed by atoms with Crippen molar-refractivity contribution in [2.75, 3.05) is 0 Å². The van der Waals surface area contributed by atoms with Crippen molar-refractivity contribution in [1.82, 2.24) is 14.5 Å². The highest BCUT2D eigenvalue weighted by molar-refractivity contribution is 5.76. The molecule has 5 rings (SSSR count). The number of benzene rings is 2. The Kier molecular flexibility index (Phi) is 3.63. The molecule has 1 unspecified atom stereocenters. The standard InChI is InChI=1S/C22H25N3/c1-16-23-21-9-5-6-10-22(21)25(16)20-13-18-11-12-19(14-20)24(18)15-17-7-3-2-4-8-17/h2-10,18-20H,11-15H2,1H3/t18-,19+,20?. The molecule has 3 heterocycles. The number of para-hydroxylation sites is 2. The van der Waals surface area contributed by atoms with E-state index in [4.69, 9.17) is 4.98 Å². The van der Waals surface area contributed by atoms with Crippen LogP contribution in [0.15, 0.2) is 54.6 Å². The number of rotatable bonds is 3. The van der Waals surface area contributed by atoms with Crippen molar-refractivity contribution in [3.05, 3.63) is 66.0 Å². The summed E-state index contributed by atoms with van der Waals surface area (Å²) in [6.07, 6.45) is 5.20. The molecule has 2 saturated heterocycles. The van der Waals surface area contributed by atoms with Gasteiger partial charge in [-0.3, -0.25) is 4.90 Å². The van der Waals surface area contributed by atoms with Crippen LogP contribution in [0.4, 0.5) is 0 Å². The van der Waals surface area contributed by atoms with Gasteiger partial charge in [-0.25, -0.2) is 4.98 Å². The number of hydrogen-bond donors (Lipinski definition) is 0. The molecule has 2 aliphatic rings. The number of imidazole rings is 1. The van der Waals surface area contributed by atoms with Gasteiger partial charge in [0, 0.05) is 24.7 Å². The van der Waals surface area contributed by atoms with Crippen molar-refractivity contribution in [1.29, 1.82) is 0 Å². The number of aryl methyl sites for hydroxylation is 1. The third-order valence-corrected chi connectivity index (χ3v) is 6.20. The van der Waals surface area contributed by atoms with Crippen LogP contribution in [0.3, 0.4) is 0 Å². The maximum absolute atomic E-state index is 4.79. The van der Waals surface area contributed by atoms with Crippen LogP contribution in [-0.2, 0) is 6.54 Å². The molecule has 128 valence electrons. The van der Waals surface area contributed by atoms with Crippen LogP contribution < -0.4 is 0 Å². The van der Waals surface area contributed by atoms with E-state index in [1.54, 1.807) is 0 Å². The third kappa shape index (κ3) is 2.58. The summed E-state index contributed by atoms with van der Waals surface area (Å²) in [5.41, 5.74) is 3.89. The maximum Gasteiger partial charge on any atom is 0.106 e. The number of hydrogen-bond acceptors (Lipinski definition) is 2. The predicted molar refractivity (Wildman–Crippen MR) is 102 cm³/mol. The van der Waals surface area contributed by atoms with Gasteiger partial charge >= 0.3 is 0 Å². The largest absolute Gasteiger partial charge is 0.325 e. The Bertz CT molecular complexity index is 869. The van der Waals surface area contributed by atoms with Crippen molar-refractivity contribution in [3.8, 4) is 0 Å². The second-order valence-electron chi connectivity index (χ2n) is 7.69. The molecule has 3 heteroatoms. The first-order chi connectivity index (χ1) is 12.3. The average Bonchev–Trinajstić information content (AvgIpc) is 3.07. The summed E-state index contributed by atoms with van der Waals surface area (Å²) in [6, 6.07) is 21.6. The van der Waals surface area contributed by atoms with E-state index in [0.717, 1.165) is 12.1 Å². The summed E-state index contributed by atoms with van der Waals surface area (Å²) in [5, 5.41) is 0. The summed E-state index contributed by atoms with van der Waals surface area (Å²) < 4.78 is 2.51. The molecule has 1 aromatic heterocycles. The summed E-state index contributed by atoms with van der Waals surface area (Å²) in [6.45, 7) is 3.27. The first-order valence-corrected chi connectivity index (χ1v) is 9.53. The van der Waals surface area contributed by atoms with E-state index in [1.165, 1.54) is 42.6 Å². The number of piperidine rings is 1. The van der Waals surface area contributed by atoms with E-state index >= 15 is 0 Å². The van der Waals surface area contributed by atoms with E-state index < -0.39 is 0 Å². The normalized spacial score (nSPS) is 26.4. The van der Waals surface area contributed by atoms with Crippen molar-refractivity contribution in [2.45, 2.75) is 57.3 Å². The number of fused-ring (bicyclic) bond motifs is 3. The van der Waals surface area contributed by atoms with E-state index in [-0.39, 0.29) is 0 Å². The third-order valence-electron chi connectivity index (χ3n) is 6.20. The van der Waals surface area contributed by atoms with Gasteiger partial charge in [0.2, 0.25) is 0 Å². The molecule has 2 bridgehead atoms. The van der Waals surface area contributed by atoms with Gasteiger partial charge in [-0.15, -0.1) is 0 Å². The monoisotopic (exact) mass is 331 g/mol. The quantitative estimate of drug-likeness (QED) is 0.693. The lowest BCUT2D eigenvalue weighted by Gasteiger charge is -2.40. The van der Waals surface area contributed by atoms with Crippen LogP contribution in [0.2, 0.25) is 0 Å². The highest BCUT2D eigenvalue weighted by Gasteiger charge is 2.41. The molecule has 2 fully saturated rings. The van der Waals surface area contributed by atoms with Gasteiger partial charge in [-0.05, 0) is 50.3 Å². The Labute approximate surface area is 149 Å². The minimum Gasteiger partial charge on any atom is -0.325 e. The van der Waals surface area contributed by atoms with Gasteiger partial charge in [-0.2, -0.15) is 0 Å². The molecule has 3 aromatic rings. The van der Waals surface area contributed by atoms with Crippen LogP contribution in [-0.4, -0.2) is 26.5 Å². The van der Waals surface area contributed by atoms with Crippen molar-refractivity contribution < 1.29 is 0 Å². The summed E-state index contributed by atoms with van der Waals surface area (Å²) >= 11 is 0. The molecule has 2 aliphatic heterocycles. The highest BCUT2D eigenvalue weighted by atomic mass is 15.2. The Morgan fingerprint density at radius 2 is 1.56 bits per heavy atom. The first-order valence-electron chi connectivity index (χ1n) is 9.53. The Morgan fingerprint density at radius 1 is 0.880 bits per heavy atom. The highest BCUT2D eigenvalue weighted by Crippen LogP contribution is 2.42. The van der Waals surface area contributed by atoms with E-state index in [2.05, 4.69) is 71.0 Å². The van der Waals surface area contributed by atoms with Crippen LogP contribution in [0.1, 0.15) is 43.1 Å². The molecule has 0 amide bonds. The lowest BCUT2D eigenvalue weighted by atomic mass is 9.96. The minimum atomic E-state index is 0.594. The Hall–Kier alpha value is -2.13. The Morgan fingerprint density at radius 3 is 2.32 bits per heavy atom. The molecule has 25 heavy (non-hydrogen) atoms. The van der Waals surface area contributed by atoms with E-state index in [0.29, 0.717) is 18.1 Å². The topological polar surface area (TPSA) is 21.1 Å². The molecule has 3 nitrogen and oxygen atoms in total. The molecule has 0 radical (unpaired) electrons. The van der Waals surface area contributed by atoms with Gasteiger partial charge in [-0.1, -0.05) is 42.5 Å². The zero-order chi connectivity index (χ0) is 16.8. The summed E-state index contributed by atoms with van der Waals surface area (Å²) in [5.74, 6) is 1.17. The minimum absolute atomic E-state index is 0.594. The summed E-state index contributed by atoms with van der Waals surface area (Å²) in [7, 11) is 0. The van der Waals surface area contributed by atoms with Crippen LogP contribution in [0, 0.1) is 6.92 Å². The first kappa shape index (κ1) is 15.2. The predicted octanol–water partition coefficient (Wildman–Crippen LogP) is 4.71. The molecule has 0 saturated carbocycles. The van der Waals surface area contributed by atoms with Gasteiger partial charge in [0.25, 0.3) is 0 Å².